The number of carbonyl (C=O) groups excluding carboxylic acids is 1. The van der Waals surface area contributed by atoms with Crippen LogP contribution in [-0.2, 0) is 21.2 Å². The molecule has 1 N–H and O–H groups in total. The molecule has 4 rings (SSSR count). The van der Waals surface area contributed by atoms with E-state index in [-0.39, 0.29) is 41.6 Å². The fraction of sp³-hybridized carbons (Fsp3) is 0.571. The molecule has 2 aliphatic rings. The molecule has 30 heavy (non-hydrogen) atoms. The predicted octanol–water partition coefficient (Wildman–Crippen LogP) is 1.31. The number of carbonyl (C=O) groups is 1. The third-order valence-corrected chi connectivity index (χ3v) is 7.84. The van der Waals surface area contributed by atoms with Crippen molar-refractivity contribution < 1.29 is 13.2 Å². The normalized spacial score (nSPS) is 21.5. The van der Waals surface area contributed by atoms with Gasteiger partial charge in [-0.1, -0.05) is 25.0 Å². The molecule has 8 nitrogen and oxygen atoms in total. The Bertz CT molecular complexity index is 1090. The van der Waals surface area contributed by atoms with Crippen molar-refractivity contribution >= 4 is 26.6 Å². The van der Waals surface area contributed by atoms with Gasteiger partial charge in [0.1, 0.15) is 5.82 Å². The number of benzene rings is 1. The minimum atomic E-state index is -3.06. The maximum absolute atomic E-state index is 13.2. The quantitative estimate of drug-likeness (QED) is 0.738. The molecule has 2 heterocycles. The van der Waals surface area contributed by atoms with Crippen molar-refractivity contribution in [2.24, 2.45) is 0 Å². The van der Waals surface area contributed by atoms with Crippen LogP contribution in [0.25, 0.3) is 10.9 Å². The summed E-state index contributed by atoms with van der Waals surface area (Å²) in [5, 5.41) is 0.537. The highest BCUT2D eigenvalue weighted by molar-refractivity contribution is 7.91. The van der Waals surface area contributed by atoms with Crippen molar-refractivity contribution in [2.45, 2.75) is 50.7 Å². The van der Waals surface area contributed by atoms with Crippen LogP contribution in [0.3, 0.4) is 0 Å². The van der Waals surface area contributed by atoms with Gasteiger partial charge in [-0.15, -0.1) is 0 Å². The second kappa shape index (κ2) is 8.47. The lowest BCUT2D eigenvalue weighted by atomic mass is 10.1. The Morgan fingerprint density at radius 3 is 2.60 bits per heavy atom. The molecule has 1 aromatic heterocycles. The molecule has 2 fully saturated rings. The lowest BCUT2D eigenvalue weighted by Crippen LogP contribution is -2.50. The fourth-order valence-corrected chi connectivity index (χ4v) is 6.43. The minimum Gasteiger partial charge on any atom is -0.335 e. The van der Waals surface area contributed by atoms with E-state index in [1.165, 1.54) is 0 Å². The maximum atomic E-state index is 13.2. The van der Waals surface area contributed by atoms with Crippen LogP contribution < -0.4 is 5.56 Å². The summed E-state index contributed by atoms with van der Waals surface area (Å²) in [5.41, 5.74) is 0.429. The molecule has 1 aromatic carbocycles. The van der Waals surface area contributed by atoms with Crippen molar-refractivity contribution in [2.75, 3.05) is 25.1 Å². The molecule has 1 saturated heterocycles. The van der Waals surface area contributed by atoms with Gasteiger partial charge in [0, 0.05) is 12.1 Å². The molecule has 162 valence electrons. The summed E-state index contributed by atoms with van der Waals surface area (Å²) in [7, 11) is -1.25. The number of para-hydroxylation sites is 1. The average molecular weight is 433 g/mol. The van der Waals surface area contributed by atoms with Crippen LogP contribution in [0, 0.1) is 0 Å². The number of rotatable bonds is 6. The third kappa shape index (κ3) is 4.57. The van der Waals surface area contributed by atoms with Gasteiger partial charge in [-0.05, 0) is 38.4 Å². The Labute approximate surface area is 176 Å². The van der Waals surface area contributed by atoms with E-state index in [2.05, 4.69) is 9.97 Å². The monoisotopic (exact) mass is 432 g/mol. The number of fused-ring (bicyclic) bond motifs is 1. The molecule has 9 heteroatoms. The number of likely N-dealkylation sites (N-methyl/N-ethyl adjacent to an activating group) is 1. The van der Waals surface area contributed by atoms with Crippen LogP contribution in [0.2, 0.25) is 0 Å². The number of sulfone groups is 1. The second-order valence-electron chi connectivity index (χ2n) is 8.50. The first-order chi connectivity index (χ1) is 14.3. The smallest absolute Gasteiger partial charge is 0.258 e. The van der Waals surface area contributed by atoms with E-state index in [1.807, 2.05) is 22.9 Å². The summed E-state index contributed by atoms with van der Waals surface area (Å²) in [6, 6.07) is 7.06. The van der Waals surface area contributed by atoms with Gasteiger partial charge >= 0.3 is 0 Å². The Kier molecular flexibility index (Phi) is 5.92. The molecule has 1 amide bonds. The van der Waals surface area contributed by atoms with Crippen molar-refractivity contribution in [1.29, 1.82) is 0 Å². The van der Waals surface area contributed by atoms with Crippen molar-refractivity contribution in [3.63, 3.8) is 0 Å². The first-order valence-electron chi connectivity index (χ1n) is 10.5. The number of H-pyrrole nitrogens is 1. The van der Waals surface area contributed by atoms with Crippen LogP contribution in [0.5, 0.6) is 0 Å². The minimum absolute atomic E-state index is 0.0466. The molecule has 1 aliphatic heterocycles. The number of amides is 1. The highest BCUT2D eigenvalue weighted by atomic mass is 32.2. The highest BCUT2D eigenvalue weighted by Crippen LogP contribution is 2.29. The lowest BCUT2D eigenvalue weighted by molar-refractivity contribution is -0.136. The van der Waals surface area contributed by atoms with Crippen molar-refractivity contribution in [3.8, 4) is 0 Å². The molecule has 1 atom stereocenters. The Hall–Kier alpha value is -2.26. The van der Waals surface area contributed by atoms with Gasteiger partial charge in [-0.3, -0.25) is 14.5 Å². The fourth-order valence-electron chi connectivity index (χ4n) is 4.72. The maximum Gasteiger partial charge on any atom is 0.258 e. The first-order valence-corrected chi connectivity index (χ1v) is 12.3. The van der Waals surface area contributed by atoms with E-state index in [0.717, 1.165) is 25.7 Å². The average Bonchev–Trinajstić information content (AvgIpc) is 3.32. The summed E-state index contributed by atoms with van der Waals surface area (Å²) in [6.45, 7) is 0.483. The SMILES string of the molecule is CN(CC(=O)N(C1CCCC1)[C@H]1CCS(=O)(=O)C1)Cc1nc2ccccc2c(=O)[nH]1. The lowest BCUT2D eigenvalue weighted by Gasteiger charge is -2.35. The second-order valence-corrected chi connectivity index (χ2v) is 10.7. The molecule has 2 aromatic rings. The molecule has 0 radical (unpaired) electrons. The summed E-state index contributed by atoms with van der Waals surface area (Å²) < 4.78 is 24.0. The predicted molar refractivity (Wildman–Crippen MR) is 115 cm³/mol. The number of hydrogen-bond donors (Lipinski definition) is 1. The molecule has 0 spiro atoms. The molecule has 1 aliphatic carbocycles. The zero-order valence-corrected chi connectivity index (χ0v) is 18.0. The molecule has 0 unspecified atom stereocenters. The van der Waals surface area contributed by atoms with Crippen LogP contribution in [0.4, 0.5) is 0 Å². The number of aromatic amines is 1. The van der Waals surface area contributed by atoms with Gasteiger partial charge in [-0.25, -0.2) is 13.4 Å². The number of hydrogen-bond acceptors (Lipinski definition) is 6. The van der Waals surface area contributed by atoms with E-state index in [4.69, 9.17) is 0 Å². The van der Waals surface area contributed by atoms with Gasteiger partial charge in [0.05, 0.1) is 35.5 Å². The number of aromatic nitrogens is 2. The van der Waals surface area contributed by atoms with E-state index in [1.54, 1.807) is 18.2 Å². The van der Waals surface area contributed by atoms with E-state index in [0.29, 0.717) is 29.7 Å². The van der Waals surface area contributed by atoms with Gasteiger partial charge in [-0.2, -0.15) is 0 Å². The number of nitrogens with one attached hydrogen (secondary N) is 1. The standard InChI is InChI=1S/C21H28N4O4S/c1-24(12-19-22-18-9-5-4-8-17(18)21(27)23-19)13-20(26)25(15-6-2-3-7-15)16-10-11-30(28,29)14-16/h4-5,8-9,15-16H,2-3,6-7,10-14H2,1H3,(H,22,23,27)/t16-/m0/s1. The Morgan fingerprint density at radius 2 is 1.90 bits per heavy atom. The zero-order chi connectivity index (χ0) is 21.3. The van der Waals surface area contributed by atoms with Crippen LogP contribution in [0.15, 0.2) is 29.1 Å². The number of nitrogens with zero attached hydrogens (tertiary/aromatic N) is 3. The summed E-state index contributed by atoms with van der Waals surface area (Å²) in [6.07, 6.45) is 4.54. The largest absolute Gasteiger partial charge is 0.335 e. The van der Waals surface area contributed by atoms with Gasteiger partial charge in [0.2, 0.25) is 5.91 Å². The Balaban J connectivity index is 1.47. The summed E-state index contributed by atoms with van der Waals surface area (Å²) in [5.74, 6) is 0.685. The Morgan fingerprint density at radius 1 is 1.17 bits per heavy atom. The molecular formula is C21H28N4O4S. The molecule has 1 saturated carbocycles. The van der Waals surface area contributed by atoms with Crippen LogP contribution >= 0.6 is 0 Å². The van der Waals surface area contributed by atoms with Crippen LogP contribution in [0.1, 0.15) is 37.9 Å². The van der Waals surface area contributed by atoms with E-state index in [9.17, 15) is 18.0 Å². The van der Waals surface area contributed by atoms with Gasteiger partial charge < -0.3 is 9.88 Å². The summed E-state index contributed by atoms with van der Waals surface area (Å²) >= 11 is 0. The highest BCUT2D eigenvalue weighted by Gasteiger charge is 2.39. The first kappa shape index (κ1) is 21.0. The zero-order valence-electron chi connectivity index (χ0n) is 17.2. The van der Waals surface area contributed by atoms with Gasteiger partial charge in [0.25, 0.3) is 5.56 Å². The molecular weight excluding hydrogens is 404 g/mol. The van der Waals surface area contributed by atoms with Gasteiger partial charge in [0.15, 0.2) is 9.84 Å². The molecule has 0 bridgehead atoms. The van der Waals surface area contributed by atoms with Crippen molar-refractivity contribution in [1.82, 2.24) is 19.8 Å². The summed E-state index contributed by atoms with van der Waals surface area (Å²) in [4.78, 5) is 36.4. The van der Waals surface area contributed by atoms with Crippen LogP contribution in [-0.4, -0.2) is 71.3 Å². The topological polar surface area (TPSA) is 103 Å². The van der Waals surface area contributed by atoms with E-state index < -0.39 is 9.84 Å². The third-order valence-electron chi connectivity index (χ3n) is 6.09. The van der Waals surface area contributed by atoms with Crippen molar-refractivity contribution in [3.05, 3.63) is 40.4 Å². The van der Waals surface area contributed by atoms with E-state index >= 15 is 0 Å².